The number of hydrogen-bond donors (Lipinski definition) is 1. The van der Waals surface area contributed by atoms with E-state index < -0.39 is 6.10 Å². The predicted molar refractivity (Wildman–Crippen MR) is 68.4 cm³/mol. The third-order valence-electron chi connectivity index (χ3n) is 2.52. The van der Waals surface area contributed by atoms with Gasteiger partial charge in [0.05, 0.1) is 12.7 Å². The summed E-state index contributed by atoms with van der Waals surface area (Å²) in [4.78, 5) is 0. The fourth-order valence-corrected chi connectivity index (χ4v) is 1.55. The highest BCUT2D eigenvalue weighted by molar-refractivity contribution is 5.36. The lowest BCUT2D eigenvalue weighted by atomic mass is 10.1. The topological polar surface area (TPSA) is 38.7 Å². The van der Waals surface area contributed by atoms with E-state index in [4.69, 9.17) is 9.47 Å². The minimum absolute atomic E-state index is 0.435. The van der Waals surface area contributed by atoms with E-state index in [1.54, 1.807) is 6.92 Å². The average Bonchev–Trinajstić information content (AvgIpc) is 2.30. The Bertz CT molecular complexity index is 334. The lowest BCUT2D eigenvalue weighted by Gasteiger charge is -2.12. The Morgan fingerprint density at radius 1 is 1.24 bits per heavy atom. The van der Waals surface area contributed by atoms with Crippen LogP contribution in [0.2, 0.25) is 0 Å². The van der Waals surface area contributed by atoms with E-state index in [1.807, 2.05) is 25.1 Å². The largest absolute Gasteiger partial charge is 0.491 e. The monoisotopic (exact) mass is 238 g/mol. The van der Waals surface area contributed by atoms with Gasteiger partial charge in [-0.2, -0.15) is 0 Å². The van der Waals surface area contributed by atoms with E-state index in [9.17, 15) is 5.11 Å². The van der Waals surface area contributed by atoms with Gasteiger partial charge in [0.2, 0.25) is 0 Å². The first-order chi connectivity index (χ1) is 8.15. The fraction of sp³-hybridized carbons (Fsp3) is 0.571. The van der Waals surface area contributed by atoms with Crippen LogP contribution in [0.25, 0.3) is 0 Å². The molecule has 0 aromatic heterocycles. The van der Waals surface area contributed by atoms with Crippen molar-refractivity contribution in [2.75, 3.05) is 19.8 Å². The van der Waals surface area contributed by atoms with Gasteiger partial charge in [-0.05, 0) is 43.5 Å². The van der Waals surface area contributed by atoms with E-state index in [0.29, 0.717) is 13.2 Å². The summed E-state index contributed by atoms with van der Waals surface area (Å²) in [5.41, 5.74) is 1.95. The lowest BCUT2D eigenvalue weighted by Crippen LogP contribution is -2.08. The highest BCUT2D eigenvalue weighted by atomic mass is 16.5. The van der Waals surface area contributed by atoms with Crippen LogP contribution in [0.4, 0.5) is 0 Å². The summed E-state index contributed by atoms with van der Waals surface area (Å²) in [7, 11) is 0. The maximum absolute atomic E-state index is 9.45. The smallest absolute Gasteiger partial charge is 0.122 e. The fourth-order valence-electron chi connectivity index (χ4n) is 1.55. The second-order valence-electron chi connectivity index (χ2n) is 4.16. The number of hydrogen-bond acceptors (Lipinski definition) is 3. The van der Waals surface area contributed by atoms with Crippen LogP contribution in [0.15, 0.2) is 18.2 Å². The van der Waals surface area contributed by atoms with Crippen LogP contribution in [0.3, 0.4) is 0 Å². The van der Waals surface area contributed by atoms with Gasteiger partial charge in [0.15, 0.2) is 0 Å². The zero-order chi connectivity index (χ0) is 12.7. The van der Waals surface area contributed by atoms with Crippen molar-refractivity contribution < 1.29 is 14.6 Å². The van der Waals surface area contributed by atoms with Crippen molar-refractivity contribution in [2.24, 2.45) is 0 Å². The molecule has 0 aliphatic heterocycles. The molecule has 0 spiro atoms. The van der Waals surface area contributed by atoms with Gasteiger partial charge in [0.1, 0.15) is 12.4 Å². The summed E-state index contributed by atoms with van der Waals surface area (Å²) in [6.45, 7) is 7.78. The Morgan fingerprint density at radius 3 is 2.59 bits per heavy atom. The van der Waals surface area contributed by atoms with Gasteiger partial charge in [-0.3, -0.25) is 0 Å². The summed E-state index contributed by atoms with van der Waals surface area (Å²) in [6.07, 6.45) is 0.595. The summed E-state index contributed by atoms with van der Waals surface area (Å²) in [6, 6.07) is 5.74. The summed E-state index contributed by atoms with van der Waals surface area (Å²) >= 11 is 0. The van der Waals surface area contributed by atoms with Gasteiger partial charge in [0, 0.05) is 6.61 Å². The third-order valence-corrected chi connectivity index (χ3v) is 2.52. The third kappa shape index (κ3) is 4.75. The van der Waals surface area contributed by atoms with E-state index in [1.165, 1.54) is 0 Å². The van der Waals surface area contributed by atoms with Crippen molar-refractivity contribution in [1.82, 2.24) is 0 Å². The molecule has 0 aliphatic rings. The SMILES string of the molecule is CCCOCCOc1ccc([C@H](C)O)cc1C. The van der Waals surface area contributed by atoms with E-state index in [2.05, 4.69) is 6.92 Å². The summed E-state index contributed by atoms with van der Waals surface area (Å²) in [5, 5.41) is 9.45. The van der Waals surface area contributed by atoms with Crippen molar-refractivity contribution in [2.45, 2.75) is 33.3 Å². The first-order valence-electron chi connectivity index (χ1n) is 6.14. The lowest BCUT2D eigenvalue weighted by molar-refractivity contribution is 0.100. The molecule has 1 rings (SSSR count). The van der Waals surface area contributed by atoms with Crippen LogP contribution in [0, 0.1) is 6.92 Å². The molecule has 1 atom stereocenters. The summed E-state index contributed by atoms with van der Waals surface area (Å²) < 4.78 is 11.0. The van der Waals surface area contributed by atoms with Crippen molar-refractivity contribution >= 4 is 0 Å². The minimum Gasteiger partial charge on any atom is -0.491 e. The molecule has 1 aromatic carbocycles. The summed E-state index contributed by atoms with van der Waals surface area (Å²) in [5.74, 6) is 0.856. The second-order valence-corrected chi connectivity index (χ2v) is 4.16. The van der Waals surface area contributed by atoms with Crippen molar-refractivity contribution in [3.63, 3.8) is 0 Å². The first kappa shape index (κ1) is 14.0. The molecule has 3 nitrogen and oxygen atoms in total. The molecule has 0 aliphatic carbocycles. The van der Waals surface area contributed by atoms with Crippen molar-refractivity contribution in [3.05, 3.63) is 29.3 Å². The Hall–Kier alpha value is -1.06. The van der Waals surface area contributed by atoms with Gasteiger partial charge >= 0.3 is 0 Å². The van der Waals surface area contributed by atoms with Crippen LogP contribution in [-0.2, 0) is 4.74 Å². The molecule has 96 valence electrons. The number of ether oxygens (including phenoxy) is 2. The number of aliphatic hydroxyl groups is 1. The van der Waals surface area contributed by atoms with Crippen molar-refractivity contribution in [1.29, 1.82) is 0 Å². The maximum atomic E-state index is 9.45. The zero-order valence-electron chi connectivity index (χ0n) is 10.9. The van der Waals surface area contributed by atoms with Gasteiger partial charge in [-0.15, -0.1) is 0 Å². The van der Waals surface area contributed by atoms with Gasteiger partial charge in [-0.1, -0.05) is 13.0 Å². The molecule has 17 heavy (non-hydrogen) atoms. The standard InChI is InChI=1S/C14H22O3/c1-4-7-16-8-9-17-14-6-5-13(12(3)15)10-11(14)2/h5-6,10,12,15H,4,7-9H2,1-3H3/t12-/m0/s1. The quantitative estimate of drug-likeness (QED) is 0.742. The average molecular weight is 238 g/mol. The Morgan fingerprint density at radius 2 is 2.00 bits per heavy atom. The highest BCUT2D eigenvalue weighted by Crippen LogP contribution is 2.22. The number of rotatable bonds is 7. The number of benzene rings is 1. The van der Waals surface area contributed by atoms with Crippen LogP contribution in [0.5, 0.6) is 5.75 Å². The van der Waals surface area contributed by atoms with E-state index >= 15 is 0 Å². The predicted octanol–water partition coefficient (Wildman–Crippen LogP) is 2.85. The molecular formula is C14H22O3. The number of aliphatic hydroxyl groups excluding tert-OH is 1. The maximum Gasteiger partial charge on any atom is 0.122 e. The van der Waals surface area contributed by atoms with Crippen LogP contribution in [-0.4, -0.2) is 24.9 Å². The molecule has 1 aromatic rings. The molecule has 0 unspecified atom stereocenters. The number of aryl methyl sites for hydroxylation is 1. The van der Waals surface area contributed by atoms with Gasteiger partial charge in [0.25, 0.3) is 0 Å². The zero-order valence-corrected chi connectivity index (χ0v) is 10.9. The van der Waals surface area contributed by atoms with Crippen LogP contribution < -0.4 is 4.74 Å². The van der Waals surface area contributed by atoms with E-state index in [0.717, 1.165) is 29.9 Å². The normalized spacial score (nSPS) is 12.5. The molecular weight excluding hydrogens is 216 g/mol. The molecule has 0 saturated carbocycles. The van der Waals surface area contributed by atoms with Crippen LogP contribution >= 0.6 is 0 Å². The van der Waals surface area contributed by atoms with Crippen molar-refractivity contribution in [3.8, 4) is 5.75 Å². The molecule has 0 saturated heterocycles. The minimum atomic E-state index is -0.435. The van der Waals surface area contributed by atoms with Crippen LogP contribution in [0.1, 0.15) is 37.5 Å². The Balaban J connectivity index is 2.43. The Kier molecular flexibility index (Phi) is 6.01. The molecule has 1 N–H and O–H groups in total. The first-order valence-corrected chi connectivity index (χ1v) is 6.14. The van der Waals surface area contributed by atoms with Gasteiger partial charge in [-0.25, -0.2) is 0 Å². The van der Waals surface area contributed by atoms with Gasteiger partial charge < -0.3 is 14.6 Å². The molecule has 0 fully saturated rings. The molecule has 0 heterocycles. The molecule has 0 amide bonds. The molecule has 0 radical (unpaired) electrons. The molecule has 0 bridgehead atoms. The second kappa shape index (κ2) is 7.30. The van der Waals surface area contributed by atoms with E-state index in [-0.39, 0.29) is 0 Å². The Labute approximate surface area is 103 Å². The molecule has 3 heteroatoms. The highest BCUT2D eigenvalue weighted by Gasteiger charge is 2.04.